The van der Waals surface area contributed by atoms with Gasteiger partial charge in [-0.05, 0) is 46.7 Å². The zero-order chi connectivity index (χ0) is 17.9. The van der Waals surface area contributed by atoms with Crippen LogP contribution in [0.5, 0.6) is 5.75 Å². The number of thioether (sulfide) groups is 1. The monoisotopic (exact) mass is 376 g/mol. The van der Waals surface area contributed by atoms with E-state index >= 15 is 0 Å². The minimum atomic E-state index is -0.0410. The van der Waals surface area contributed by atoms with E-state index < -0.39 is 0 Å². The van der Waals surface area contributed by atoms with Gasteiger partial charge in [0.25, 0.3) is 0 Å². The molecule has 0 aliphatic heterocycles. The Kier molecular flexibility index (Phi) is 4.87. The number of halogens is 1. The molecule has 4 rings (SSSR count). The van der Waals surface area contributed by atoms with Gasteiger partial charge in [0.2, 0.25) is 0 Å². The van der Waals surface area contributed by atoms with Gasteiger partial charge >= 0.3 is 0 Å². The minimum Gasteiger partial charge on any atom is -0.508 e. The van der Waals surface area contributed by atoms with E-state index in [4.69, 9.17) is 11.6 Å². The third-order valence-corrected chi connectivity index (χ3v) is 5.92. The maximum atomic E-state index is 10.7. The Hall–Kier alpha value is -2.42. The molecule has 4 aromatic rings. The zero-order valence-corrected chi connectivity index (χ0v) is 15.5. The van der Waals surface area contributed by atoms with Crippen LogP contribution in [0.2, 0.25) is 5.02 Å². The molecule has 0 aliphatic rings. The largest absolute Gasteiger partial charge is 0.508 e. The number of hydrogen-bond donors (Lipinski definition) is 1. The molecule has 0 saturated carbocycles. The zero-order valence-electron chi connectivity index (χ0n) is 14.0. The third kappa shape index (κ3) is 3.44. The van der Waals surface area contributed by atoms with Crippen LogP contribution < -0.4 is 0 Å². The lowest BCUT2D eigenvalue weighted by Gasteiger charge is -2.21. The van der Waals surface area contributed by atoms with Gasteiger partial charge in [-0.1, -0.05) is 72.3 Å². The predicted molar refractivity (Wildman–Crippen MR) is 111 cm³/mol. The molecule has 0 saturated heterocycles. The van der Waals surface area contributed by atoms with Crippen LogP contribution in [0.25, 0.3) is 10.8 Å². The number of benzene rings is 4. The van der Waals surface area contributed by atoms with E-state index in [2.05, 4.69) is 24.3 Å². The Morgan fingerprint density at radius 3 is 2.19 bits per heavy atom. The fraction of sp³-hybridized carbons (Fsp3) is 0.0435. The van der Waals surface area contributed by atoms with Crippen LogP contribution in [-0.2, 0) is 0 Å². The summed E-state index contributed by atoms with van der Waals surface area (Å²) < 4.78 is 0. The summed E-state index contributed by atoms with van der Waals surface area (Å²) in [5, 5.41) is 13.6. The minimum absolute atomic E-state index is 0.0410. The molecule has 0 spiro atoms. The van der Waals surface area contributed by atoms with Gasteiger partial charge in [0.1, 0.15) is 5.75 Å². The number of hydrogen-bond acceptors (Lipinski definition) is 2. The van der Waals surface area contributed by atoms with E-state index in [1.165, 1.54) is 0 Å². The van der Waals surface area contributed by atoms with Gasteiger partial charge in [0, 0.05) is 15.5 Å². The molecule has 128 valence electrons. The first-order valence-corrected chi connectivity index (χ1v) is 9.66. The number of fused-ring (bicyclic) bond motifs is 1. The Balaban J connectivity index is 1.91. The van der Waals surface area contributed by atoms with Gasteiger partial charge in [-0.15, -0.1) is 11.8 Å². The fourth-order valence-corrected chi connectivity index (χ4v) is 4.50. The van der Waals surface area contributed by atoms with Gasteiger partial charge in [-0.2, -0.15) is 0 Å². The molecule has 0 radical (unpaired) electrons. The lowest BCUT2D eigenvalue weighted by molar-refractivity contribution is 0.470. The van der Waals surface area contributed by atoms with Gasteiger partial charge in [0.05, 0.1) is 5.25 Å². The smallest absolute Gasteiger partial charge is 0.120 e. The molecule has 0 amide bonds. The number of rotatable bonds is 4. The van der Waals surface area contributed by atoms with Crippen molar-refractivity contribution >= 4 is 34.1 Å². The first-order chi connectivity index (χ1) is 12.7. The van der Waals surface area contributed by atoms with E-state index in [9.17, 15) is 5.11 Å². The third-order valence-electron chi connectivity index (χ3n) is 4.38. The molecule has 0 fully saturated rings. The summed E-state index contributed by atoms with van der Waals surface area (Å²) >= 11 is 7.82. The molecule has 0 bridgehead atoms. The van der Waals surface area contributed by atoms with Crippen molar-refractivity contribution in [2.75, 3.05) is 0 Å². The molecule has 1 N–H and O–H groups in total. The molecule has 4 aromatic carbocycles. The van der Waals surface area contributed by atoms with Gasteiger partial charge in [-0.3, -0.25) is 0 Å². The Bertz CT molecular complexity index is 1030. The summed E-state index contributed by atoms with van der Waals surface area (Å²) in [6.07, 6.45) is 0. The van der Waals surface area contributed by atoms with Gasteiger partial charge in [-0.25, -0.2) is 0 Å². The molecule has 1 nitrogen and oxygen atoms in total. The van der Waals surface area contributed by atoms with Crippen LogP contribution in [-0.4, -0.2) is 5.11 Å². The SMILES string of the molecule is Oc1ccc2ccccc2c1C(Sc1ccccc1)c1ccc(Cl)cc1. The van der Waals surface area contributed by atoms with Crippen molar-refractivity contribution in [3.8, 4) is 5.75 Å². The first-order valence-electron chi connectivity index (χ1n) is 8.40. The highest BCUT2D eigenvalue weighted by atomic mass is 35.5. The van der Waals surface area contributed by atoms with E-state index in [-0.39, 0.29) is 5.25 Å². The van der Waals surface area contributed by atoms with Crippen LogP contribution in [0.3, 0.4) is 0 Å². The summed E-state index contributed by atoms with van der Waals surface area (Å²) in [5.74, 6) is 0.312. The van der Waals surface area contributed by atoms with Crippen LogP contribution in [0, 0.1) is 0 Å². The average Bonchev–Trinajstić information content (AvgIpc) is 2.68. The second-order valence-corrected chi connectivity index (χ2v) is 7.70. The molecule has 0 heterocycles. The number of aromatic hydroxyl groups is 1. The van der Waals surface area contributed by atoms with Crippen LogP contribution in [0.4, 0.5) is 0 Å². The van der Waals surface area contributed by atoms with Crippen molar-refractivity contribution in [1.82, 2.24) is 0 Å². The normalized spacial score (nSPS) is 12.2. The molecule has 0 aliphatic carbocycles. The maximum Gasteiger partial charge on any atom is 0.120 e. The second-order valence-electron chi connectivity index (χ2n) is 6.08. The lowest BCUT2D eigenvalue weighted by Crippen LogP contribution is -1.99. The lowest BCUT2D eigenvalue weighted by atomic mass is 9.97. The van der Waals surface area contributed by atoms with Crippen molar-refractivity contribution in [2.45, 2.75) is 10.1 Å². The molecular formula is C23H17ClOS. The topological polar surface area (TPSA) is 20.2 Å². The van der Waals surface area contributed by atoms with Crippen molar-refractivity contribution in [3.05, 3.63) is 107 Å². The highest BCUT2D eigenvalue weighted by Crippen LogP contribution is 2.46. The van der Waals surface area contributed by atoms with E-state index in [1.54, 1.807) is 17.8 Å². The highest BCUT2D eigenvalue weighted by Gasteiger charge is 2.22. The fourth-order valence-electron chi connectivity index (χ4n) is 3.13. The summed E-state index contributed by atoms with van der Waals surface area (Å²) in [6, 6.07) is 30.0. The second kappa shape index (κ2) is 7.45. The Morgan fingerprint density at radius 2 is 1.42 bits per heavy atom. The summed E-state index contributed by atoms with van der Waals surface area (Å²) in [6.45, 7) is 0. The molecule has 0 aromatic heterocycles. The molecule has 26 heavy (non-hydrogen) atoms. The van der Waals surface area contributed by atoms with Crippen molar-refractivity contribution in [3.63, 3.8) is 0 Å². The van der Waals surface area contributed by atoms with E-state index in [1.807, 2.05) is 60.7 Å². The van der Waals surface area contributed by atoms with E-state index in [0.717, 1.165) is 26.8 Å². The molecule has 1 atom stereocenters. The number of phenols is 1. The quantitative estimate of drug-likeness (QED) is 0.384. The molecule has 3 heteroatoms. The average molecular weight is 377 g/mol. The summed E-state index contributed by atoms with van der Waals surface area (Å²) in [4.78, 5) is 1.15. The van der Waals surface area contributed by atoms with Crippen LogP contribution >= 0.6 is 23.4 Å². The standard InChI is InChI=1S/C23H17ClOS/c24-18-13-10-17(11-14-18)23(26-19-7-2-1-3-8-19)22-20-9-5-4-6-16(20)12-15-21(22)25/h1-15,23,25H. The molecule has 1 unspecified atom stereocenters. The first kappa shape index (κ1) is 17.0. The van der Waals surface area contributed by atoms with Crippen molar-refractivity contribution in [1.29, 1.82) is 0 Å². The molecular weight excluding hydrogens is 360 g/mol. The van der Waals surface area contributed by atoms with Crippen molar-refractivity contribution < 1.29 is 5.11 Å². The summed E-state index contributed by atoms with van der Waals surface area (Å²) in [5.41, 5.74) is 2.04. The number of phenolic OH excluding ortho intramolecular Hbond substituents is 1. The van der Waals surface area contributed by atoms with Gasteiger partial charge in [0.15, 0.2) is 0 Å². The van der Waals surface area contributed by atoms with Crippen molar-refractivity contribution in [2.24, 2.45) is 0 Å². The maximum absolute atomic E-state index is 10.7. The van der Waals surface area contributed by atoms with Crippen LogP contribution in [0.1, 0.15) is 16.4 Å². The Labute approximate surface area is 162 Å². The predicted octanol–water partition coefficient (Wildman–Crippen LogP) is 7.08. The summed E-state index contributed by atoms with van der Waals surface area (Å²) in [7, 11) is 0. The highest BCUT2D eigenvalue weighted by molar-refractivity contribution is 7.99. The van der Waals surface area contributed by atoms with E-state index in [0.29, 0.717) is 10.8 Å². The van der Waals surface area contributed by atoms with Gasteiger partial charge < -0.3 is 5.11 Å². The van der Waals surface area contributed by atoms with Crippen LogP contribution in [0.15, 0.2) is 95.9 Å². The Morgan fingerprint density at radius 1 is 0.731 bits per heavy atom.